The lowest BCUT2D eigenvalue weighted by molar-refractivity contribution is 0.0794. The number of hydrogen-bond acceptors (Lipinski definition) is 8. The molecule has 2 fully saturated rings. The number of fused-ring (bicyclic) bond motifs is 3. The van der Waals surface area contributed by atoms with Crippen molar-refractivity contribution in [1.82, 2.24) is 20.3 Å². The summed E-state index contributed by atoms with van der Waals surface area (Å²) in [5.41, 5.74) is 5.13. The van der Waals surface area contributed by atoms with Crippen LogP contribution in [0.3, 0.4) is 0 Å². The largest absolute Gasteiger partial charge is 0.381 e. The van der Waals surface area contributed by atoms with Gasteiger partial charge in [0.25, 0.3) is 5.91 Å². The van der Waals surface area contributed by atoms with Gasteiger partial charge >= 0.3 is 0 Å². The van der Waals surface area contributed by atoms with E-state index in [0.29, 0.717) is 17.2 Å². The van der Waals surface area contributed by atoms with E-state index in [-0.39, 0.29) is 47.3 Å². The average molecular weight is 557 g/mol. The Hall–Kier alpha value is -3.73. The number of hydrogen-bond donors (Lipinski definition) is 1. The first kappa shape index (κ1) is 25.3. The van der Waals surface area contributed by atoms with Crippen LogP contribution in [0.15, 0.2) is 65.7 Å². The van der Waals surface area contributed by atoms with Crippen molar-refractivity contribution in [3.8, 4) is 11.4 Å². The fraction of sp³-hybridized carbons (Fsp3) is 0.333. The minimum atomic E-state index is -3.50. The first-order chi connectivity index (χ1) is 19.4. The van der Waals surface area contributed by atoms with Crippen LogP contribution in [-0.4, -0.2) is 54.9 Å². The van der Waals surface area contributed by atoms with E-state index in [2.05, 4.69) is 22.4 Å². The van der Waals surface area contributed by atoms with Gasteiger partial charge in [0, 0.05) is 34.9 Å². The summed E-state index contributed by atoms with van der Waals surface area (Å²) in [6.45, 7) is 2.12. The number of aromatic nitrogens is 3. The van der Waals surface area contributed by atoms with E-state index in [9.17, 15) is 13.2 Å². The van der Waals surface area contributed by atoms with Gasteiger partial charge < -0.3 is 14.8 Å². The molecule has 1 aromatic carbocycles. The van der Waals surface area contributed by atoms with Gasteiger partial charge in [0.2, 0.25) is 0 Å². The Morgan fingerprint density at radius 3 is 2.83 bits per heavy atom. The Balaban J connectivity index is 1.10. The van der Waals surface area contributed by atoms with Crippen molar-refractivity contribution < 1.29 is 22.7 Å². The number of pyridine rings is 3. The van der Waals surface area contributed by atoms with Gasteiger partial charge in [0.05, 0.1) is 59.6 Å². The molecule has 0 spiro atoms. The second-order valence-corrected chi connectivity index (χ2v) is 12.8. The molecular formula is C30H28N4O5S. The fourth-order valence-electron chi connectivity index (χ4n) is 5.82. The number of sulfone groups is 1. The summed E-state index contributed by atoms with van der Waals surface area (Å²) in [6.07, 6.45) is 3.88. The Bertz CT molecular complexity index is 1760. The maximum absolute atomic E-state index is 12.9. The molecule has 0 bridgehead atoms. The van der Waals surface area contributed by atoms with Crippen LogP contribution in [0, 0.1) is 5.92 Å². The number of carbonyl (C=O) groups excluding carboxylic acids is 1. The summed E-state index contributed by atoms with van der Waals surface area (Å²) in [5, 5.41) is 3.74. The first-order valence-electron chi connectivity index (χ1n) is 13.4. The lowest BCUT2D eigenvalue weighted by Gasteiger charge is -2.22. The number of nitrogens with zero attached hydrogens (tertiary/aromatic N) is 3. The van der Waals surface area contributed by atoms with Crippen LogP contribution in [0.25, 0.3) is 22.3 Å². The highest BCUT2D eigenvalue weighted by atomic mass is 32.2. The molecule has 3 aromatic heterocycles. The first-order valence-corrected chi connectivity index (χ1v) is 15.1. The van der Waals surface area contributed by atoms with E-state index in [4.69, 9.17) is 19.4 Å². The molecule has 40 heavy (non-hydrogen) atoms. The van der Waals surface area contributed by atoms with Gasteiger partial charge in [-0.1, -0.05) is 12.1 Å². The standard InChI is InChI=1S/C30H28N4O5S/c35-29(19-4-5-21-17-39-10-11-40(36,37)27(21)12-19)32-16-23-13-26-20(15-31-23)6-7-25(33-26)24-2-1-3-28(34-24)30-8-9-38-18-22(30)14-30/h1-7,12-13,15,22H,8-11,14,16-18H2,(H,32,35)/t22?,30-/m1/s1. The van der Waals surface area contributed by atoms with Crippen molar-refractivity contribution >= 4 is 26.6 Å². The predicted molar refractivity (Wildman–Crippen MR) is 147 cm³/mol. The summed E-state index contributed by atoms with van der Waals surface area (Å²) in [6, 6.07) is 16.6. The maximum atomic E-state index is 12.9. The van der Waals surface area contributed by atoms with Crippen LogP contribution in [0.4, 0.5) is 0 Å². The number of amides is 1. The third-order valence-electron chi connectivity index (χ3n) is 8.24. The highest BCUT2D eigenvalue weighted by molar-refractivity contribution is 7.91. The number of benzene rings is 1. The second kappa shape index (κ2) is 9.72. The molecule has 1 aliphatic carbocycles. The summed E-state index contributed by atoms with van der Waals surface area (Å²) in [7, 11) is -3.50. The third-order valence-corrected chi connectivity index (χ3v) is 10.00. The molecule has 3 aliphatic rings. The normalized spacial score (nSPS) is 23.1. The van der Waals surface area contributed by atoms with Crippen molar-refractivity contribution in [2.24, 2.45) is 5.92 Å². The van der Waals surface area contributed by atoms with Crippen LogP contribution in [-0.2, 0) is 37.9 Å². The van der Waals surface area contributed by atoms with Crippen molar-refractivity contribution in [3.63, 3.8) is 0 Å². The maximum Gasteiger partial charge on any atom is 0.251 e. The van der Waals surface area contributed by atoms with Gasteiger partial charge in [0.15, 0.2) is 9.84 Å². The number of ether oxygens (including phenoxy) is 2. The van der Waals surface area contributed by atoms with E-state index in [1.807, 2.05) is 24.3 Å². The number of rotatable bonds is 5. The smallest absolute Gasteiger partial charge is 0.251 e. The molecule has 4 aromatic rings. The molecule has 7 rings (SSSR count). The molecule has 1 unspecified atom stereocenters. The highest BCUT2D eigenvalue weighted by Gasteiger charge is 2.57. The van der Waals surface area contributed by atoms with Crippen LogP contribution < -0.4 is 5.32 Å². The fourth-order valence-corrected chi connectivity index (χ4v) is 7.21. The minimum absolute atomic E-state index is 0.1000. The average Bonchev–Trinajstić information content (AvgIpc) is 3.76. The molecule has 10 heteroatoms. The van der Waals surface area contributed by atoms with Crippen LogP contribution >= 0.6 is 0 Å². The Morgan fingerprint density at radius 1 is 1.02 bits per heavy atom. The lowest BCUT2D eigenvalue weighted by atomic mass is 9.93. The van der Waals surface area contributed by atoms with Crippen molar-refractivity contribution in [2.45, 2.75) is 36.3 Å². The Kier molecular flexibility index (Phi) is 6.14. The van der Waals surface area contributed by atoms with Gasteiger partial charge in [-0.15, -0.1) is 0 Å². The van der Waals surface area contributed by atoms with Crippen LogP contribution in [0.5, 0.6) is 0 Å². The molecule has 1 amide bonds. The number of carbonyl (C=O) groups is 1. The van der Waals surface area contributed by atoms with E-state index in [1.165, 1.54) is 6.07 Å². The topological polar surface area (TPSA) is 120 Å². The molecule has 5 heterocycles. The zero-order valence-corrected chi connectivity index (χ0v) is 22.6. The van der Waals surface area contributed by atoms with Gasteiger partial charge in [-0.25, -0.2) is 13.4 Å². The molecule has 0 radical (unpaired) electrons. The third kappa shape index (κ3) is 4.55. The Labute approximate surface area is 231 Å². The van der Waals surface area contributed by atoms with E-state index in [0.717, 1.165) is 54.0 Å². The zero-order chi connectivity index (χ0) is 27.3. The summed E-state index contributed by atoms with van der Waals surface area (Å²) in [5.74, 6) is 0.0809. The molecule has 2 aliphatic heterocycles. The number of nitrogens with one attached hydrogen (secondary N) is 1. The molecule has 9 nitrogen and oxygen atoms in total. The molecular weight excluding hydrogens is 528 g/mol. The highest BCUT2D eigenvalue weighted by Crippen LogP contribution is 2.58. The summed E-state index contributed by atoms with van der Waals surface area (Å²) < 4.78 is 36.2. The molecule has 204 valence electrons. The van der Waals surface area contributed by atoms with E-state index < -0.39 is 9.84 Å². The monoisotopic (exact) mass is 556 g/mol. The second-order valence-electron chi connectivity index (χ2n) is 10.7. The summed E-state index contributed by atoms with van der Waals surface area (Å²) >= 11 is 0. The van der Waals surface area contributed by atoms with Crippen molar-refractivity contribution in [3.05, 3.63) is 83.3 Å². The minimum Gasteiger partial charge on any atom is -0.381 e. The molecule has 1 saturated carbocycles. The Morgan fingerprint density at radius 2 is 1.93 bits per heavy atom. The van der Waals surface area contributed by atoms with Crippen LogP contribution in [0.1, 0.15) is 40.2 Å². The molecule has 1 N–H and O–H groups in total. The van der Waals surface area contributed by atoms with Gasteiger partial charge in [0.1, 0.15) is 0 Å². The molecule has 1 saturated heterocycles. The lowest BCUT2D eigenvalue weighted by Crippen LogP contribution is -2.23. The van der Waals surface area contributed by atoms with Crippen molar-refractivity contribution in [1.29, 1.82) is 0 Å². The van der Waals surface area contributed by atoms with Gasteiger partial charge in [-0.2, -0.15) is 0 Å². The molecule has 2 atom stereocenters. The predicted octanol–water partition coefficient (Wildman–Crippen LogP) is 3.60. The SMILES string of the molecule is O=C(NCc1cc2nc(-c3cccc([C@@]45CCOCC4C5)n3)ccc2cn1)c1ccc2c(c1)S(=O)(=O)CCOC2. The van der Waals surface area contributed by atoms with E-state index >= 15 is 0 Å². The van der Waals surface area contributed by atoms with Gasteiger partial charge in [-0.3, -0.25) is 14.8 Å². The van der Waals surface area contributed by atoms with Crippen molar-refractivity contribution in [2.75, 3.05) is 25.6 Å². The van der Waals surface area contributed by atoms with Crippen LogP contribution in [0.2, 0.25) is 0 Å². The quantitative estimate of drug-likeness (QED) is 0.396. The van der Waals surface area contributed by atoms with Gasteiger partial charge in [-0.05, 0) is 66.8 Å². The summed E-state index contributed by atoms with van der Waals surface area (Å²) in [4.78, 5) is 27.4. The zero-order valence-electron chi connectivity index (χ0n) is 21.8. The van der Waals surface area contributed by atoms with E-state index in [1.54, 1.807) is 18.3 Å².